The molecule has 0 aliphatic carbocycles. The highest BCUT2D eigenvalue weighted by Gasteiger charge is 2.33. The normalized spacial score (nSPS) is 14.5. The van der Waals surface area contributed by atoms with Crippen molar-refractivity contribution in [2.45, 2.75) is 13.5 Å². The number of ketones is 1. The second kappa shape index (κ2) is 9.65. The summed E-state index contributed by atoms with van der Waals surface area (Å²) >= 11 is 0. The number of fused-ring (bicyclic) bond motifs is 1. The summed E-state index contributed by atoms with van der Waals surface area (Å²) in [6, 6.07) is 5.26. The van der Waals surface area contributed by atoms with Gasteiger partial charge in [-0.05, 0) is 36.3 Å². The standard InChI is InChI=1S/C22H26N2O5/c1-15-11-18(25)17(14-24(7-9-27-2)8-10-28-3)22-20(15)21(26)19(29-22)12-16-5-4-6-23-13-16/h4-6,11-13,25H,7-10,14H2,1-3H3/b19-12+. The molecule has 154 valence electrons. The molecule has 0 bridgehead atoms. The van der Waals surface area contributed by atoms with Crippen LogP contribution in [0.5, 0.6) is 11.5 Å². The first-order valence-electron chi connectivity index (χ1n) is 9.45. The van der Waals surface area contributed by atoms with Gasteiger partial charge in [-0.25, -0.2) is 0 Å². The van der Waals surface area contributed by atoms with Gasteiger partial charge in [0.2, 0.25) is 5.78 Å². The molecular formula is C22H26N2O5. The summed E-state index contributed by atoms with van der Waals surface area (Å²) < 4.78 is 16.3. The van der Waals surface area contributed by atoms with Crippen LogP contribution in [0.25, 0.3) is 6.08 Å². The lowest BCUT2D eigenvalue weighted by Crippen LogP contribution is -2.30. The topological polar surface area (TPSA) is 81.1 Å². The van der Waals surface area contributed by atoms with E-state index in [1.807, 2.05) is 6.07 Å². The Balaban J connectivity index is 1.94. The first-order chi connectivity index (χ1) is 14.0. The van der Waals surface area contributed by atoms with Crippen molar-refractivity contribution in [2.24, 2.45) is 0 Å². The van der Waals surface area contributed by atoms with E-state index >= 15 is 0 Å². The van der Waals surface area contributed by atoms with E-state index in [1.165, 1.54) is 0 Å². The second-order valence-corrected chi connectivity index (χ2v) is 6.88. The zero-order valence-corrected chi connectivity index (χ0v) is 17.0. The number of hydrogen-bond donors (Lipinski definition) is 1. The molecule has 0 amide bonds. The Kier molecular flexibility index (Phi) is 6.98. The summed E-state index contributed by atoms with van der Waals surface area (Å²) in [6.45, 7) is 4.62. The minimum absolute atomic E-state index is 0.108. The van der Waals surface area contributed by atoms with E-state index in [0.29, 0.717) is 55.3 Å². The van der Waals surface area contributed by atoms with Crippen LogP contribution < -0.4 is 4.74 Å². The third-order valence-electron chi connectivity index (χ3n) is 4.81. The number of carbonyl (C=O) groups is 1. The Hall–Kier alpha value is -2.74. The quantitative estimate of drug-likeness (QED) is 0.651. The predicted octanol–water partition coefficient (Wildman–Crippen LogP) is 2.81. The van der Waals surface area contributed by atoms with E-state index in [4.69, 9.17) is 14.2 Å². The Morgan fingerprint density at radius 2 is 1.97 bits per heavy atom. The molecule has 2 aromatic rings. The van der Waals surface area contributed by atoms with Crippen LogP contribution in [0.2, 0.25) is 0 Å². The van der Waals surface area contributed by atoms with Crippen LogP contribution in [-0.4, -0.2) is 61.3 Å². The fraction of sp³-hybridized carbons (Fsp3) is 0.364. The number of methoxy groups -OCH3 is 2. The van der Waals surface area contributed by atoms with E-state index in [0.717, 1.165) is 5.56 Å². The molecule has 0 atom stereocenters. The fourth-order valence-corrected chi connectivity index (χ4v) is 3.28. The molecular weight excluding hydrogens is 372 g/mol. The van der Waals surface area contributed by atoms with Crippen molar-refractivity contribution < 1.29 is 24.1 Å². The number of allylic oxidation sites excluding steroid dienone is 1. The van der Waals surface area contributed by atoms with Gasteiger partial charge in [0.05, 0.1) is 24.3 Å². The number of ether oxygens (including phenoxy) is 3. The highest BCUT2D eigenvalue weighted by Crippen LogP contribution is 2.42. The largest absolute Gasteiger partial charge is 0.507 e. The maximum atomic E-state index is 13.0. The third kappa shape index (κ3) is 4.82. The predicted molar refractivity (Wildman–Crippen MR) is 109 cm³/mol. The van der Waals surface area contributed by atoms with Gasteiger partial charge in [-0.15, -0.1) is 0 Å². The summed E-state index contributed by atoms with van der Waals surface area (Å²) in [4.78, 5) is 19.1. The van der Waals surface area contributed by atoms with Crippen LogP contribution in [-0.2, 0) is 16.0 Å². The number of phenols is 1. The van der Waals surface area contributed by atoms with Crippen LogP contribution in [0, 0.1) is 6.92 Å². The average Bonchev–Trinajstić information content (AvgIpc) is 3.04. The molecule has 1 aromatic carbocycles. The summed E-state index contributed by atoms with van der Waals surface area (Å²) in [7, 11) is 3.29. The molecule has 0 radical (unpaired) electrons. The lowest BCUT2D eigenvalue weighted by atomic mass is 9.99. The van der Waals surface area contributed by atoms with Gasteiger partial charge in [0, 0.05) is 46.2 Å². The van der Waals surface area contributed by atoms with Gasteiger partial charge >= 0.3 is 0 Å². The summed E-state index contributed by atoms with van der Waals surface area (Å²) in [5.74, 6) is 0.560. The van der Waals surface area contributed by atoms with Crippen molar-refractivity contribution in [3.05, 3.63) is 58.6 Å². The van der Waals surface area contributed by atoms with Crippen molar-refractivity contribution in [1.29, 1.82) is 0 Å². The minimum Gasteiger partial charge on any atom is -0.507 e. The summed E-state index contributed by atoms with van der Waals surface area (Å²) in [5.41, 5.74) is 2.53. The number of aromatic hydroxyl groups is 1. The second-order valence-electron chi connectivity index (χ2n) is 6.88. The zero-order chi connectivity index (χ0) is 20.8. The molecule has 0 saturated heterocycles. The summed E-state index contributed by atoms with van der Waals surface area (Å²) in [5, 5.41) is 10.6. The first-order valence-corrected chi connectivity index (χ1v) is 9.45. The van der Waals surface area contributed by atoms with E-state index in [2.05, 4.69) is 9.88 Å². The Morgan fingerprint density at radius 1 is 1.24 bits per heavy atom. The molecule has 7 nitrogen and oxygen atoms in total. The number of pyridine rings is 1. The van der Waals surface area contributed by atoms with Gasteiger partial charge in [0.15, 0.2) is 5.76 Å². The number of benzene rings is 1. The van der Waals surface area contributed by atoms with Crippen LogP contribution in [0.15, 0.2) is 36.4 Å². The van der Waals surface area contributed by atoms with E-state index in [1.54, 1.807) is 51.7 Å². The molecule has 0 saturated carbocycles. The molecule has 0 fully saturated rings. The van der Waals surface area contributed by atoms with Gasteiger partial charge in [-0.3, -0.25) is 14.7 Å². The molecule has 3 rings (SSSR count). The Bertz CT molecular complexity index is 888. The number of rotatable bonds is 9. The fourth-order valence-electron chi connectivity index (χ4n) is 3.28. The highest BCUT2D eigenvalue weighted by atomic mass is 16.5. The number of Topliss-reactive ketones (excluding diaryl/α,β-unsaturated/α-hetero) is 1. The smallest absolute Gasteiger partial charge is 0.232 e. The SMILES string of the molecule is COCCN(CCOC)Cc1c(O)cc(C)c2c1O/C(=C/c1cccnc1)C2=O. The average molecular weight is 398 g/mol. The maximum absolute atomic E-state index is 13.0. The van der Waals surface area contributed by atoms with Crippen molar-refractivity contribution in [1.82, 2.24) is 9.88 Å². The lowest BCUT2D eigenvalue weighted by Gasteiger charge is -2.23. The van der Waals surface area contributed by atoms with Crippen molar-refractivity contribution >= 4 is 11.9 Å². The molecule has 1 N–H and O–H groups in total. The van der Waals surface area contributed by atoms with Crippen molar-refractivity contribution in [3.8, 4) is 11.5 Å². The van der Waals surface area contributed by atoms with Gasteiger partial charge in [0.25, 0.3) is 0 Å². The van der Waals surface area contributed by atoms with Crippen molar-refractivity contribution in [2.75, 3.05) is 40.5 Å². The van der Waals surface area contributed by atoms with Crippen LogP contribution in [0.4, 0.5) is 0 Å². The van der Waals surface area contributed by atoms with Crippen LogP contribution >= 0.6 is 0 Å². The van der Waals surface area contributed by atoms with Gasteiger partial charge in [-0.1, -0.05) is 6.07 Å². The van der Waals surface area contributed by atoms with Crippen LogP contribution in [0.3, 0.4) is 0 Å². The van der Waals surface area contributed by atoms with Crippen LogP contribution in [0.1, 0.15) is 27.0 Å². The van der Waals surface area contributed by atoms with Gasteiger partial charge in [-0.2, -0.15) is 0 Å². The number of hydrogen-bond acceptors (Lipinski definition) is 7. The summed E-state index contributed by atoms with van der Waals surface area (Å²) in [6.07, 6.45) is 5.00. The monoisotopic (exact) mass is 398 g/mol. The molecule has 1 aromatic heterocycles. The molecule has 0 unspecified atom stereocenters. The Morgan fingerprint density at radius 3 is 2.59 bits per heavy atom. The molecule has 7 heteroatoms. The minimum atomic E-state index is -0.192. The molecule has 29 heavy (non-hydrogen) atoms. The maximum Gasteiger partial charge on any atom is 0.232 e. The number of nitrogens with zero attached hydrogens (tertiary/aromatic N) is 2. The van der Waals surface area contributed by atoms with E-state index < -0.39 is 0 Å². The molecule has 1 aliphatic rings. The third-order valence-corrected chi connectivity index (χ3v) is 4.81. The first kappa shape index (κ1) is 21.0. The van der Waals surface area contributed by atoms with E-state index in [9.17, 15) is 9.90 Å². The van der Waals surface area contributed by atoms with Crippen molar-refractivity contribution in [3.63, 3.8) is 0 Å². The number of phenolic OH excluding ortho intramolecular Hbond substituents is 1. The Labute approximate surface area is 170 Å². The molecule has 0 spiro atoms. The number of aromatic nitrogens is 1. The number of aryl methyl sites for hydroxylation is 1. The van der Waals surface area contributed by atoms with Gasteiger partial charge in [0.1, 0.15) is 11.5 Å². The highest BCUT2D eigenvalue weighted by molar-refractivity contribution is 6.15. The molecule has 2 heterocycles. The van der Waals surface area contributed by atoms with Gasteiger partial charge < -0.3 is 19.3 Å². The van der Waals surface area contributed by atoms with E-state index in [-0.39, 0.29) is 17.3 Å². The number of carbonyl (C=O) groups excluding carboxylic acids is 1. The zero-order valence-electron chi connectivity index (χ0n) is 17.0. The molecule has 1 aliphatic heterocycles. The lowest BCUT2D eigenvalue weighted by molar-refractivity contribution is 0.101.